The summed E-state index contributed by atoms with van der Waals surface area (Å²) in [5.74, 6) is 0.954. The third-order valence-electron chi connectivity index (χ3n) is 3.15. The molecule has 6 N–H and O–H groups in total. The van der Waals surface area contributed by atoms with Crippen LogP contribution < -0.4 is 21.8 Å². The molecule has 0 spiro atoms. The van der Waals surface area contributed by atoms with Crippen molar-refractivity contribution < 1.29 is 9.79 Å². The quantitative estimate of drug-likeness (QED) is 0.305. The molecule has 5 nitrogen and oxygen atoms in total. The fraction of sp³-hybridized carbons (Fsp3) is 0.800. The normalized spacial score (nSPS) is 26.5. The summed E-state index contributed by atoms with van der Waals surface area (Å²) in [5, 5.41) is 3.03. The zero-order valence-electron chi connectivity index (χ0n) is 9.42. The molecule has 0 aromatic heterocycles. The number of guanidine groups is 1. The Bertz CT molecular complexity index is 260. The Morgan fingerprint density at radius 3 is 2.53 bits per heavy atom. The van der Waals surface area contributed by atoms with Crippen LogP contribution >= 0.6 is 0 Å². The molecule has 0 bridgehead atoms. The van der Waals surface area contributed by atoms with Gasteiger partial charge in [0.25, 0.3) is 0 Å². The summed E-state index contributed by atoms with van der Waals surface area (Å²) in [4.78, 5) is 14.3. The minimum atomic E-state index is -0.0430. The topological polar surface area (TPSA) is 95.1 Å². The van der Waals surface area contributed by atoms with Gasteiger partial charge in [-0.3, -0.25) is 21.3 Å². The SMILES string of the molecule is CN[C@@H](CC1CCC1[NH+]=C(N)N)C(C)=O. The van der Waals surface area contributed by atoms with Crippen molar-refractivity contribution >= 4 is 11.7 Å². The third kappa shape index (κ3) is 3.20. The standard InChI is InChI=1S/C10H20N4O/c1-6(15)9(13-2)5-7-3-4-8(7)14-10(11)12/h7-9,13H,3-5H2,1-2H3,(H4,11,12,14)/p+1/t7?,8?,9-/m0/s1. The predicted molar refractivity (Wildman–Crippen MR) is 59.0 cm³/mol. The van der Waals surface area contributed by atoms with Crippen molar-refractivity contribution in [2.45, 2.75) is 38.3 Å². The number of likely N-dealkylation sites (N-methyl/N-ethyl adjacent to an activating group) is 1. The number of Topliss-reactive ketones (excluding diaryl/α,β-unsaturated/α-hetero) is 1. The van der Waals surface area contributed by atoms with E-state index >= 15 is 0 Å². The van der Waals surface area contributed by atoms with Gasteiger partial charge in [0.2, 0.25) is 0 Å². The Labute approximate surface area is 90.3 Å². The molecule has 1 aliphatic rings. The van der Waals surface area contributed by atoms with E-state index in [4.69, 9.17) is 11.5 Å². The van der Waals surface area contributed by atoms with E-state index in [1.165, 1.54) is 0 Å². The average Bonchev–Trinajstić information content (AvgIpc) is 2.13. The molecule has 2 unspecified atom stereocenters. The smallest absolute Gasteiger partial charge is 0.311 e. The van der Waals surface area contributed by atoms with E-state index in [-0.39, 0.29) is 17.8 Å². The van der Waals surface area contributed by atoms with Crippen molar-refractivity contribution in [3.63, 3.8) is 0 Å². The molecule has 0 amide bonds. The molecule has 86 valence electrons. The van der Waals surface area contributed by atoms with Crippen molar-refractivity contribution in [3.05, 3.63) is 0 Å². The molecule has 1 rings (SSSR count). The van der Waals surface area contributed by atoms with Crippen LogP contribution in [0.15, 0.2) is 0 Å². The van der Waals surface area contributed by atoms with Gasteiger partial charge in [0.05, 0.1) is 12.1 Å². The Balaban J connectivity index is 2.45. The lowest BCUT2D eigenvalue weighted by atomic mass is 9.75. The van der Waals surface area contributed by atoms with E-state index in [1.807, 2.05) is 7.05 Å². The summed E-state index contributed by atoms with van der Waals surface area (Å²) >= 11 is 0. The molecule has 1 fully saturated rings. The van der Waals surface area contributed by atoms with Crippen LogP contribution in [0.4, 0.5) is 0 Å². The van der Waals surface area contributed by atoms with Crippen LogP contribution in [-0.4, -0.2) is 30.9 Å². The fourth-order valence-electron chi connectivity index (χ4n) is 2.05. The lowest BCUT2D eigenvalue weighted by Gasteiger charge is -2.34. The second kappa shape index (κ2) is 5.11. The number of hydrogen-bond acceptors (Lipinski definition) is 2. The maximum Gasteiger partial charge on any atom is 0.338 e. The molecule has 0 aromatic carbocycles. The minimum Gasteiger partial charge on any atom is -0.311 e. The molecule has 0 heterocycles. The number of ketones is 1. The maximum atomic E-state index is 11.2. The van der Waals surface area contributed by atoms with Gasteiger partial charge in [-0.25, -0.2) is 0 Å². The van der Waals surface area contributed by atoms with Gasteiger partial charge in [-0.1, -0.05) is 0 Å². The van der Waals surface area contributed by atoms with Gasteiger partial charge in [-0.05, 0) is 39.2 Å². The largest absolute Gasteiger partial charge is 0.338 e. The summed E-state index contributed by atoms with van der Waals surface area (Å²) in [6.07, 6.45) is 3.07. The summed E-state index contributed by atoms with van der Waals surface area (Å²) in [6.45, 7) is 1.62. The molecule has 0 aromatic rings. The number of nitrogens with two attached hydrogens (primary N) is 2. The van der Waals surface area contributed by atoms with Gasteiger partial charge in [0.15, 0.2) is 0 Å². The zero-order valence-corrected chi connectivity index (χ0v) is 9.42. The van der Waals surface area contributed by atoms with Gasteiger partial charge >= 0.3 is 5.96 Å². The van der Waals surface area contributed by atoms with Crippen molar-refractivity contribution in [2.75, 3.05) is 7.05 Å². The van der Waals surface area contributed by atoms with E-state index < -0.39 is 0 Å². The Morgan fingerprint density at radius 2 is 2.20 bits per heavy atom. The van der Waals surface area contributed by atoms with Crippen molar-refractivity contribution in [1.82, 2.24) is 5.32 Å². The number of carbonyl (C=O) groups excluding carboxylic acids is 1. The summed E-state index contributed by atoms with van der Waals surface area (Å²) in [5.41, 5.74) is 10.8. The van der Waals surface area contributed by atoms with E-state index in [0.717, 1.165) is 19.3 Å². The van der Waals surface area contributed by atoms with Crippen LogP contribution in [0.5, 0.6) is 0 Å². The average molecular weight is 213 g/mol. The van der Waals surface area contributed by atoms with Crippen molar-refractivity contribution in [2.24, 2.45) is 17.4 Å². The van der Waals surface area contributed by atoms with Gasteiger partial charge in [0.1, 0.15) is 5.78 Å². The van der Waals surface area contributed by atoms with Gasteiger partial charge in [-0.2, -0.15) is 0 Å². The van der Waals surface area contributed by atoms with E-state index in [1.54, 1.807) is 6.92 Å². The highest BCUT2D eigenvalue weighted by atomic mass is 16.1. The molecule has 1 saturated carbocycles. The first kappa shape index (κ1) is 12.0. The zero-order chi connectivity index (χ0) is 11.4. The van der Waals surface area contributed by atoms with Crippen molar-refractivity contribution in [1.29, 1.82) is 0 Å². The summed E-state index contributed by atoms with van der Waals surface area (Å²) in [7, 11) is 1.82. The van der Waals surface area contributed by atoms with Crippen LogP contribution in [-0.2, 0) is 4.79 Å². The fourth-order valence-corrected chi connectivity index (χ4v) is 2.05. The number of nitrogens with one attached hydrogen (secondary N) is 2. The summed E-state index contributed by atoms with van der Waals surface area (Å²) < 4.78 is 0. The second-order valence-electron chi connectivity index (χ2n) is 4.23. The molecular formula is C10H21N4O+. The molecule has 0 radical (unpaired) electrons. The highest BCUT2D eigenvalue weighted by molar-refractivity contribution is 5.81. The minimum absolute atomic E-state index is 0.0430. The molecule has 3 atom stereocenters. The van der Waals surface area contributed by atoms with Gasteiger partial charge in [0, 0.05) is 0 Å². The van der Waals surface area contributed by atoms with Gasteiger partial charge < -0.3 is 5.32 Å². The van der Waals surface area contributed by atoms with E-state index in [0.29, 0.717) is 12.0 Å². The van der Waals surface area contributed by atoms with E-state index in [9.17, 15) is 4.79 Å². The van der Waals surface area contributed by atoms with Crippen molar-refractivity contribution in [3.8, 4) is 0 Å². The maximum absolute atomic E-state index is 11.2. The van der Waals surface area contributed by atoms with Crippen LogP contribution in [0.2, 0.25) is 0 Å². The highest BCUT2D eigenvalue weighted by Crippen LogP contribution is 2.28. The monoisotopic (exact) mass is 213 g/mol. The van der Waals surface area contributed by atoms with Crippen LogP contribution in [0, 0.1) is 5.92 Å². The number of rotatable bonds is 5. The first-order valence-corrected chi connectivity index (χ1v) is 5.36. The number of carbonyl (C=O) groups is 1. The highest BCUT2D eigenvalue weighted by Gasteiger charge is 2.34. The van der Waals surface area contributed by atoms with Crippen LogP contribution in [0.1, 0.15) is 26.2 Å². The molecular weight excluding hydrogens is 192 g/mol. The second-order valence-corrected chi connectivity index (χ2v) is 4.23. The Kier molecular flexibility index (Phi) is 4.08. The molecule has 5 heteroatoms. The first-order chi connectivity index (χ1) is 7.04. The Morgan fingerprint density at radius 1 is 1.53 bits per heavy atom. The van der Waals surface area contributed by atoms with E-state index in [2.05, 4.69) is 10.3 Å². The lowest BCUT2D eigenvalue weighted by Crippen LogP contribution is -2.87. The number of hydrogen-bond donors (Lipinski definition) is 4. The first-order valence-electron chi connectivity index (χ1n) is 5.36. The summed E-state index contributed by atoms with van der Waals surface area (Å²) in [6, 6.07) is 0.295. The molecule has 1 aliphatic carbocycles. The van der Waals surface area contributed by atoms with Gasteiger partial charge in [-0.15, -0.1) is 0 Å². The third-order valence-corrected chi connectivity index (χ3v) is 3.15. The predicted octanol–water partition coefficient (Wildman–Crippen LogP) is -2.31. The molecule has 0 saturated heterocycles. The molecule has 15 heavy (non-hydrogen) atoms. The molecule has 0 aliphatic heterocycles. The lowest BCUT2D eigenvalue weighted by molar-refractivity contribution is -0.532. The Hall–Kier alpha value is -1.10. The van der Waals surface area contributed by atoms with Crippen LogP contribution in [0.3, 0.4) is 0 Å². The van der Waals surface area contributed by atoms with Crippen LogP contribution in [0.25, 0.3) is 0 Å².